The topological polar surface area (TPSA) is 72.2 Å². The van der Waals surface area contributed by atoms with Crippen LogP contribution in [0.5, 0.6) is 5.75 Å². The Bertz CT molecular complexity index is 1200. The Morgan fingerprint density at radius 3 is 2.93 bits per heavy atom. The number of benzene rings is 2. The molecule has 0 amide bonds. The van der Waals surface area contributed by atoms with Gasteiger partial charge in [-0.3, -0.25) is 0 Å². The molecule has 6 nitrogen and oxygen atoms in total. The molecule has 8 heteroatoms. The molecule has 4 aromatic rings. The molecule has 0 spiro atoms. The highest BCUT2D eigenvalue weighted by Gasteiger charge is 2.23. The van der Waals surface area contributed by atoms with Crippen molar-refractivity contribution in [2.45, 2.75) is 44.4 Å². The number of aromatic nitrogens is 3. The molecule has 0 radical (unpaired) electrons. The number of hydrogen-bond donors (Lipinski definition) is 2. The maximum atomic E-state index is 10.2. The van der Waals surface area contributed by atoms with E-state index < -0.39 is 0 Å². The summed E-state index contributed by atoms with van der Waals surface area (Å²) >= 11 is 5.17. The second-order valence-electron chi connectivity index (χ2n) is 7.77. The van der Waals surface area contributed by atoms with Gasteiger partial charge in [0.25, 0.3) is 0 Å². The Labute approximate surface area is 187 Å². The third-order valence-electron chi connectivity index (χ3n) is 5.74. The number of imidazole rings is 1. The Morgan fingerprint density at radius 1 is 1.23 bits per heavy atom. The lowest BCUT2D eigenvalue weighted by Gasteiger charge is -2.27. The van der Waals surface area contributed by atoms with E-state index in [1.165, 1.54) is 5.56 Å². The lowest BCUT2D eigenvalue weighted by Crippen LogP contribution is -2.36. The first-order chi connectivity index (χ1) is 14.6. The minimum atomic E-state index is -0.284. The molecule has 5 rings (SSSR count). The third kappa shape index (κ3) is 3.79. The number of halogens is 1. The number of anilines is 1. The SMILES string of the molecule is COc1cc2c(cc1Br)ncn2Cc1ccc2nc(NC3CCCCC3O)sc2c1. The molecule has 1 aliphatic carbocycles. The van der Waals surface area contributed by atoms with Crippen LogP contribution in [0.4, 0.5) is 5.13 Å². The summed E-state index contributed by atoms with van der Waals surface area (Å²) in [6.45, 7) is 0.721. The highest BCUT2D eigenvalue weighted by Crippen LogP contribution is 2.32. The molecule has 156 valence electrons. The van der Waals surface area contributed by atoms with Gasteiger partial charge in [-0.05, 0) is 52.5 Å². The number of nitrogens with zero attached hydrogens (tertiary/aromatic N) is 3. The van der Waals surface area contributed by atoms with Gasteiger partial charge in [0, 0.05) is 12.6 Å². The van der Waals surface area contributed by atoms with E-state index in [0.717, 1.165) is 68.8 Å². The summed E-state index contributed by atoms with van der Waals surface area (Å²) in [4.78, 5) is 9.24. The predicted molar refractivity (Wildman–Crippen MR) is 125 cm³/mol. The van der Waals surface area contributed by atoms with Crippen molar-refractivity contribution in [2.24, 2.45) is 0 Å². The molecule has 0 aliphatic heterocycles. The number of methoxy groups -OCH3 is 1. The zero-order valence-electron chi connectivity index (χ0n) is 16.6. The van der Waals surface area contributed by atoms with Gasteiger partial charge in [-0.2, -0.15) is 0 Å². The number of thiazole rings is 1. The average Bonchev–Trinajstić information content (AvgIpc) is 3.32. The number of rotatable bonds is 5. The number of nitrogens with one attached hydrogen (secondary N) is 1. The van der Waals surface area contributed by atoms with Crippen molar-refractivity contribution in [3.8, 4) is 5.75 Å². The van der Waals surface area contributed by atoms with Crippen LogP contribution in [0, 0.1) is 0 Å². The van der Waals surface area contributed by atoms with E-state index >= 15 is 0 Å². The lowest BCUT2D eigenvalue weighted by molar-refractivity contribution is 0.116. The van der Waals surface area contributed by atoms with Crippen LogP contribution in [0.1, 0.15) is 31.2 Å². The zero-order chi connectivity index (χ0) is 20.7. The largest absolute Gasteiger partial charge is 0.495 e. The Morgan fingerprint density at radius 2 is 2.10 bits per heavy atom. The van der Waals surface area contributed by atoms with Crippen molar-refractivity contribution in [2.75, 3.05) is 12.4 Å². The molecule has 2 aromatic heterocycles. The second-order valence-corrected chi connectivity index (χ2v) is 9.66. The van der Waals surface area contributed by atoms with Crippen molar-refractivity contribution in [3.05, 3.63) is 46.7 Å². The molecule has 2 unspecified atom stereocenters. The van der Waals surface area contributed by atoms with E-state index in [4.69, 9.17) is 9.72 Å². The van der Waals surface area contributed by atoms with Crippen molar-refractivity contribution in [1.82, 2.24) is 14.5 Å². The lowest BCUT2D eigenvalue weighted by atomic mass is 9.93. The van der Waals surface area contributed by atoms with Crippen LogP contribution < -0.4 is 10.1 Å². The summed E-state index contributed by atoms with van der Waals surface area (Å²) in [5.41, 5.74) is 4.14. The average molecular weight is 487 g/mol. The fourth-order valence-corrected chi connectivity index (χ4v) is 5.59. The standard InChI is InChI=1S/C22H23BrN4O2S/c1-29-20-10-18-17(9-14(20)23)24-12-27(18)11-13-6-7-16-21(8-13)30-22(26-16)25-15-4-2-3-5-19(15)28/h6-10,12,15,19,28H,2-5,11H2,1H3,(H,25,26). The molecular weight excluding hydrogens is 464 g/mol. The number of aliphatic hydroxyl groups is 1. The molecule has 1 fully saturated rings. The molecule has 0 saturated heterocycles. The van der Waals surface area contributed by atoms with Crippen LogP contribution in [0.15, 0.2) is 41.1 Å². The molecule has 2 heterocycles. The van der Waals surface area contributed by atoms with Gasteiger partial charge in [-0.25, -0.2) is 9.97 Å². The summed E-state index contributed by atoms with van der Waals surface area (Å²) in [5, 5.41) is 14.6. The van der Waals surface area contributed by atoms with Gasteiger partial charge in [0.15, 0.2) is 5.13 Å². The van der Waals surface area contributed by atoms with E-state index in [0.29, 0.717) is 0 Å². The molecule has 0 bridgehead atoms. The van der Waals surface area contributed by atoms with Crippen LogP contribution in [0.2, 0.25) is 0 Å². The van der Waals surface area contributed by atoms with E-state index in [2.05, 4.69) is 49.0 Å². The molecule has 1 aliphatic rings. The first-order valence-electron chi connectivity index (χ1n) is 10.1. The van der Waals surface area contributed by atoms with Gasteiger partial charge in [-0.1, -0.05) is 30.2 Å². The first kappa shape index (κ1) is 19.8. The summed E-state index contributed by atoms with van der Waals surface area (Å²) in [6, 6.07) is 10.5. The summed E-state index contributed by atoms with van der Waals surface area (Å²) in [5.74, 6) is 0.794. The number of aliphatic hydroxyl groups excluding tert-OH is 1. The summed E-state index contributed by atoms with van der Waals surface area (Å²) < 4.78 is 9.61. The van der Waals surface area contributed by atoms with Gasteiger partial charge in [0.2, 0.25) is 0 Å². The van der Waals surface area contributed by atoms with E-state index in [9.17, 15) is 5.11 Å². The van der Waals surface area contributed by atoms with Crippen LogP contribution >= 0.6 is 27.3 Å². The summed E-state index contributed by atoms with van der Waals surface area (Å²) in [6.07, 6.45) is 5.71. The second kappa shape index (κ2) is 8.17. The quantitative estimate of drug-likeness (QED) is 0.406. The summed E-state index contributed by atoms with van der Waals surface area (Å²) in [7, 11) is 1.67. The number of ether oxygens (including phenoxy) is 1. The molecule has 1 saturated carbocycles. The maximum Gasteiger partial charge on any atom is 0.184 e. The van der Waals surface area contributed by atoms with Gasteiger partial charge in [-0.15, -0.1) is 0 Å². The van der Waals surface area contributed by atoms with E-state index in [1.807, 2.05) is 18.5 Å². The van der Waals surface area contributed by atoms with Crippen molar-refractivity contribution in [1.29, 1.82) is 0 Å². The minimum absolute atomic E-state index is 0.102. The highest BCUT2D eigenvalue weighted by atomic mass is 79.9. The fraction of sp³-hybridized carbons (Fsp3) is 0.364. The van der Waals surface area contributed by atoms with Crippen molar-refractivity contribution in [3.63, 3.8) is 0 Å². The van der Waals surface area contributed by atoms with Crippen LogP contribution in [-0.4, -0.2) is 38.9 Å². The minimum Gasteiger partial charge on any atom is -0.495 e. The molecular formula is C22H23BrN4O2S. The Kier molecular flexibility index (Phi) is 5.39. The Balaban J connectivity index is 1.39. The first-order valence-corrected chi connectivity index (χ1v) is 11.7. The highest BCUT2D eigenvalue weighted by molar-refractivity contribution is 9.10. The van der Waals surface area contributed by atoms with Crippen LogP contribution in [-0.2, 0) is 6.54 Å². The fourth-order valence-electron chi connectivity index (χ4n) is 4.11. The van der Waals surface area contributed by atoms with E-state index in [1.54, 1.807) is 18.4 Å². The predicted octanol–water partition coefficient (Wildman–Crippen LogP) is 5.18. The Hall–Kier alpha value is -2.16. The molecule has 30 heavy (non-hydrogen) atoms. The van der Waals surface area contributed by atoms with E-state index in [-0.39, 0.29) is 12.1 Å². The monoisotopic (exact) mass is 486 g/mol. The van der Waals surface area contributed by atoms with Crippen LogP contribution in [0.3, 0.4) is 0 Å². The van der Waals surface area contributed by atoms with Crippen molar-refractivity contribution >= 4 is 53.6 Å². The molecule has 2 aromatic carbocycles. The number of fused-ring (bicyclic) bond motifs is 2. The normalized spacial score (nSPS) is 19.4. The number of hydrogen-bond acceptors (Lipinski definition) is 6. The van der Waals surface area contributed by atoms with Gasteiger partial charge >= 0.3 is 0 Å². The molecule has 2 N–H and O–H groups in total. The third-order valence-corrected chi connectivity index (χ3v) is 7.31. The smallest absolute Gasteiger partial charge is 0.184 e. The molecule has 2 atom stereocenters. The van der Waals surface area contributed by atoms with Crippen molar-refractivity contribution < 1.29 is 9.84 Å². The zero-order valence-corrected chi connectivity index (χ0v) is 19.0. The maximum absolute atomic E-state index is 10.2. The van der Waals surface area contributed by atoms with Gasteiger partial charge in [0.1, 0.15) is 5.75 Å². The van der Waals surface area contributed by atoms with Gasteiger partial charge < -0.3 is 19.7 Å². The van der Waals surface area contributed by atoms with Gasteiger partial charge in [0.05, 0.1) is 51.3 Å². The van der Waals surface area contributed by atoms with Crippen LogP contribution in [0.25, 0.3) is 21.3 Å².